The standard InChI is InChI=1S/C8H14N2O2/c1-5-6(2)11-7(10-5)8(3,4)12-9/h9H2,1-4H3. The van der Waals surface area contributed by atoms with Crippen molar-refractivity contribution in [1.82, 2.24) is 4.98 Å². The molecular formula is C8H14N2O2. The Labute approximate surface area is 71.7 Å². The molecular weight excluding hydrogens is 156 g/mol. The van der Waals surface area contributed by atoms with Gasteiger partial charge < -0.3 is 4.42 Å². The molecule has 1 rings (SSSR count). The second-order valence-electron chi connectivity index (χ2n) is 3.29. The van der Waals surface area contributed by atoms with Gasteiger partial charge in [0, 0.05) is 0 Å². The number of aryl methyl sites for hydroxylation is 2. The molecule has 12 heavy (non-hydrogen) atoms. The van der Waals surface area contributed by atoms with E-state index in [1.54, 1.807) is 13.8 Å². The first-order valence-electron chi connectivity index (χ1n) is 3.80. The van der Waals surface area contributed by atoms with E-state index >= 15 is 0 Å². The molecule has 0 amide bonds. The molecule has 0 fully saturated rings. The first-order valence-corrected chi connectivity index (χ1v) is 3.80. The zero-order valence-corrected chi connectivity index (χ0v) is 7.84. The van der Waals surface area contributed by atoms with Crippen LogP contribution >= 0.6 is 0 Å². The zero-order valence-electron chi connectivity index (χ0n) is 7.84. The van der Waals surface area contributed by atoms with Gasteiger partial charge in [-0.2, -0.15) is 0 Å². The third-order valence-electron chi connectivity index (χ3n) is 1.84. The summed E-state index contributed by atoms with van der Waals surface area (Å²) in [4.78, 5) is 8.92. The maximum Gasteiger partial charge on any atom is 0.228 e. The summed E-state index contributed by atoms with van der Waals surface area (Å²) in [7, 11) is 0. The number of nitrogens with zero attached hydrogens (tertiary/aromatic N) is 1. The molecule has 1 aromatic heterocycles. The van der Waals surface area contributed by atoms with Crippen LogP contribution in [0.25, 0.3) is 0 Å². The van der Waals surface area contributed by atoms with Crippen molar-refractivity contribution in [2.75, 3.05) is 0 Å². The Kier molecular flexibility index (Phi) is 2.21. The molecule has 0 atom stereocenters. The van der Waals surface area contributed by atoms with E-state index in [-0.39, 0.29) is 0 Å². The van der Waals surface area contributed by atoms with Crippen LogP contribution in [0.15, 0.2) is 4.42 Å². The predicted octanol–water partition coefficient (Wildman–Crippen LogP) is 1.42. The van der Waals surface area contributed by atoms with Crippen LogP contribution in [0.5, 0.6) is 0 Å². The second-order valence-corrected chi connectivity index (χ2v) is 3.29. The van der Waals surface area contributed by atoms with Crippen molar-refractivity contribution >= 4 is 0 Å². The fraction of sp³-hybridized carbons (Fsp3) is 0.625. The second kappa shape index (κ2) is 2.88. The summed E-state index contributed by atoms with van der Waals surface area (Å²) in [5.74, 6) is 6.41. The van der Waals surface area contributed by atoms with Crippen molar-refractivity contribution in [3.8, 4) is 0 Å². The SMILES string of the molecule is Cc1nc(C(C)(C)ON)oc1C. The van der Waals surface area contributed by atoms with E-state index < -0.39 is 5.60 Å². The molecule has 0 unspecified atom stereocenters. The summed E-state index contributed by atoms with van der Waals surface area (Å²) in [5.41, 5.74) is 0.217. The van der Waals surface area contributed by atoms with Crippen molar-refractivity contribution in [2.24, 2.45) is 5.90 Å². The molecule has 0 aliphatic heterocycles. The molecule has 0 saturated heterocycles. The van der Waals surface area contributed by atoms with Crippen molar-refractivity contribution in [3.63, 3.8) is 0 Å². The van der Waals surface area contributed by atoms with Crippen LogP contribution < -0.4 is 5.90 Å². The molecule has 4 heteroatoms. The highest BCUT2D eigenvalue weighted by Gasteiger charge is 2.27. The summed E-state index contributed by atoms with van der Waals surface area (Å²) in [6, 6.07) is 0. The Hall–Kier alpha value is -0.870. The van der Waals surface area contributed by atoms with E-state index in [0.29, 0.717) is 5.89 Å². The Morgan fingerprint density at radius 2 is 2.00 bits per heavy atom. The van der Waals surface area contributed by atoms with Gasteiger partial charge in [0.25, 0.3) is 0 Å². The summed E-state index contributed by atoms with van der Waals surface area (Å²) >= 11 is 0. The van der Waals surface area contributed by atoms with Crippen molar-refractivity contribution in [3.05, 3.63) is 17.3 Å². The molecule has 68 valence electrons. The molecule has 0 aromatic carbocycles. The van der Waals surface area contributed by atoms with Crippen LogP contribution in [0.1, 0.15) is 31.2 Å². The number of oxazole rings is 1. The number of rotatable bonds is 2. The minimum Gasteiger partial charge on any atom is -0.443 e. The molecule has 1 heterocycles. The van der Waals surface area contributed by atoms with Crippen LogP contribution in [0, 0.1) is 13.8 Å². The zero-order chi connectivity index (χ0) is 9.35. The summed E-state index contributed by atoms with van der Waals surface area (Å²) < 4.78 is 5.35. The lowest BCUT2D eigenvalue weighted by Crippen LogP contribution is -2.25. The van der Waals surface area contributed by atoms with Crippen LogP contribution in [0.4, 0.5) is 0 Å². The highest BCUT2D eigenvalue weighted by Crippen LogP contribution is 2.23. The van der Waals surface area contributed by atoms with Crippen molar-refractivity contribution in [2.45, 2.75) is 33.3 Å². The maximum atomic E-state index is 5.35. The maximum absolute atomic E-state index is 5.35. The third-order valence-corrected chi connectivity index (χ3v) is 1.84. The molecule has 0 aliphatic carbocycles. The number of nitrogens with two attached hydrogens (primary N) is 1. The number of hydrogen-bond acceptors (Lipinski definition) is 4. The smallest absolute Gasteiger partial charge is 0.228 e. The van der Waals surface area contributed by atoms with Crippen LogP contribution in [0.3, 0.4) is 0 Å². The quantitative estimate of drug-likeness (QED) is 0.682. The Morgan fingerprint density at radius 3 is 2.33 bits per heavy atom. The van der Waals surface area contributed by atoms with E-state index in [1.165, 1.54) is 0 Å². The first-order chi connectivity index (χ1) is 5.47. The average molecular weight is 170 g/mol. The van der Waals surface area contributed by atoms with Crippen LogP contribution in [-0.4, -0.2) is 4.98 Å². The highest BCUT2D eigenvalue weighted by atomic mass is 16.6. The van der Waals surface area contributed by atoms with Gasteiger partial charge in [-0.05, 0) is 27.7 Å². The van der Waals surface area contributed by atoms with E-state index in [2.05, 4.69) is 4.98 Å². The topological polar surface area (TPSA) is 61.3 Å². The summed E-state index contributed by atoms with van der Waals surface area (Å²) in [6.07, 6.45) is 0. The fourth-order valence-corrected chi connectivity index (χ4v) is 0.781. The van der Waals surface area contributed by atoms with Crippen molar-refractivity contribution in [1.29, 1.82) is 0 Å². The van der Waals surface area contributed by atoms with Gasteiger partial charge in [-0.1, -0.05) is 0 Å². The van der Waals surface area contributed by atoms with Gasteiger partial charge >= 0.3 is 0 Å². The summed E-state index contributed by atoms with van der Waals surface area (Å²) in [5, 5.41) is 0. The van der Waals surface area contributed by atoms with Gasteiger partial charge in [-0.15, -0.1) is 0 Å². The first kappa shape index (κ1) is 9.22. The molecule has 0 spiro atoms. The lowest BCUT2D eigenvalue weighted by Gasteiger charge is -2.16. The molecule has 0 radical (unpaired) electrons. The monoisotopic (exact) mass is 170 g/mol. The predicted molar refractivity (Wildman–Crippen MR) is 44.3 cm³/mol. The molecule has 0 saturated carbocycles. The van der Waals surface area contributed by atoms with E-state index in [9.17, 15) is 0 Å². The van der Waals surface area contributed by atoms with Gasteiger partial charge in [-0.3, -0.25) is 4.84 Å². The van der Waals surface area contributed by atoms with Crippen molar-refractivity contribution < 1.29 is 9.25 Å². The number of aromatic nitrogens is 1. The van der Waals surface area contributed by atoms with E-state index in [0.717, 1.165) is 11.5 Å². The molecule has 0 bridgehead atoms. The van der Waals surface area contributed by atoms with Gasteiger partial charge in [0.15, 0.2) is 5.60 Å². The minimum atomic E-state index is -0.654. The van der Waals surface area contributed by atoms with Crippen LogP contribution in [-0.2, 0) is 10.4 Å². The molecule has 2 N–H and O–H groups in total. The molecule has 0 aliphatic rings. The minimum absolute atomic E-state index is 0.514. The Balaban J connectivity index is 3.04. The Morgan fingerprint density at radius 1 is 1.42 bits per heavy atom. The normalized spacial score (nSPS) is 12.1. The van der Waals surface area contributed by atoms with Gasteiger partial charge in [-0.25, -0.2) is 10.9 Å². The Bertz CT molecular complexity index is 259. The third kappa shape index (κ3) is 1.49. The number of hydrogen-bond donors (Lipinski definition) is 1. The van der Waals surface area contributed by atoms with E-state index in [1.807, 2.05) is 13.8 Å². The fourth-order valence-electron chi connectivity index (χ4n) is 0.781. The average Bonchev–Trinajstić information content (AvgIpc) is 2.33. The largest absolute Gasteiger partial charge is 0.443 e. The molecule has 4 nitrogen and oxygen atoms in total. The van der Waals surface area contributed by atoms with E-state index in [4.69, 9.17) is 15.2 Å². The lowest BCUT2D eigenvalue weighted by atomic mass is 10.1. The lowest BCUT2D eigenvalue weighted by molar-refractivity contribution is -0.0431. The van der Waals surface area contributed by atoms with Gasteiger partial charge in [0.1, 0.15) is 5.76 Å². The highest BCUT2D eigenvalue weighted by molar-refractivity contribution is 5.08. The molecule has 1 aromatic rings. The van der Waals surface area contributed by atoms with Gasteiger partial charge in [0.05, 0.1) is 5.69 Å². The summed E-state index contributed by atoms with van der Waals surface area (Å²) in [6.45, 7) is 7.35. The van der Waals surface area contributed by atoms with Gasteiger partial charge in [0.2, 0.25) is 5.89 Å². The van der Waals surface area contributed by atoms with Crippen LogP contribution in [0.2, 0.25) is 0 Å².